The zero-order valence-corrected chi connectivity index (χ0v) is 74.6. The van der Waals surface area contributed by atoms with E-state index < -0.39 is 0 Å². The third-order valence-electron chi connectivity index (χ3n) is 24.1. The van der Waals surface area contributed by atoms with Crippen LogP contribution in [-0.2, 0) is 27.3 Å². The van der Waals surface area contributed by atoms with Crippen molar-refractivity contribution in [3.63, 3.8) is 0 Å². The van der Waals surface area contributed by atoms with Crippen LogP contribution >= 0.6 is 0 Å². The molecule has 1 heterocycles. The van der Waals surface area contributed by atoms with E-state index in [-0.39, 0.29) is 0 Å². The van der Waals surface area contributed by atoms with E-state index >= 15 is 0 Å². The number of hydrogen-bond donors (Lipinski definition) is 0. The Bertz CT molecular complexity index is 2160. The predicted octanol–water partition coefficient (Wildman–Crippen LogP) is 38.4. The molecule has 0 aliphatic carbocycles. The molecule has 626 valence electrons. The average Bonchev–Trinajstić information content (AvgIpc) is 1.64. The van der Waals surface area contributed by atoms with Gasteiger partial charge in [-0.15, -0.1) is 0 Å². The van der Waals surface area contributed by atoms with Crippen molar-refractivity contribution in [1.29, 1.82) is 0 Å². The Morgan fingerprint density at radius 3 is 0.664 bits per heavy atom. The minimum absolute atomic E-state index is 0.952. The first-order valence-corrected chi connectivity index (χ1v) is 51.1. The van der Waals surface area contributed by atoms with Crippen molar-refractivity contribution in [2.24, 2.45) is 0 Å². The van der Waals surface area contributed by atoms with Gasteiger partial charge in [-0.3, -0.25) is 0 Å². The van der Waals surface area contributed by atoms with Crippen molar-refractivity contribution in [3.8, 4) is 0 Å². The molecule has 0 spiro atoms. The molecule has 107 heavy (non-hydrogen) atoms. The third kappa shape index (κ3) is 66.1. The normalized spacial score (nSPS) is 12.4. The van der Waals surface area contributed by atoms with Crippen molar-refractivity contribution in [2.75, 3.05) is 0 Å². The topological polar surface area (TPSA) is 25.3 Å². The van der Waals surface area contributed by atoms with Gasteiger partial charge in [0.1, 0.15) is 0 Å². The summed E-state index contributed by atoms with van der Waals surface area (Å²) in [6.07, 6.45) is 117. The molecule has 0 saturated carbocycles. The molecule has 0 N–H and O–H groups in total. The van der Waals surface area contributed by atoms with Crippen LogP contribution in [0.1, 0.15) is 564 Å². The van der Waals surface area contributed by atoms with Crippen molar-refractivity contribution in [1.82, 2.24) is 0 Å². The third-order valence-corrected chi connectivity index (χ3v) is 25.5. The molecule has 2 aromatic carbocycles. The molecule has 2 nitrogen and oxygen atoms in total. The summed E-state index contributed by atoms with van der Waals surface area (Å²) < 4.78 is 1.56. The number of aryl methyl sites for hydroxylation is 2. The van der Waals surface area contributed by atoms with Gasteiger partial charge in [-0.1, -0.05) is 399 Å². The number of unbranched alkanes of at least 4 members (excludes halogenated alkanes) is 73. The number of nitrogens with zero attached hydrogens (tertiary/aromatic N) is 2. The van der Waals surface area contributed by atoms with Crippen molar-refractivity contribution < 1.29 is 19.1 Å². The molecule has 0 bridgehead atoms. The van der Waals surface area contributed by atoms with Crippen LogP contribution in [0.3, 0.4) is 0 Å². The zero-order valence-electron chi connectivity index (χ0n) is 73.6. The summed E-state index contributed by atoms with van der Waals surface area (Å²) >= 11 is 2.04. The minimum atomic E-state index is 0.952. The molecule has 0 atom stereocenters. The van der Waals surface area contributed by atoms with E-state index in [9.17, 15) is 5.53 Å². The molecular weight excluding hydrogens is 1340 g/mol. The standard InChI is InChI=1S/C76H132N2.2C14H29.Ni/c1-4-7-10-13-16-19-22-24-26-28-30-32-34-36-38-40-42-44-46-49-52-55-60-70-62-58-65-72(67-70)75-69-74(64-57-54-51-48-21-18-15-12-9-6-3)76(78(75)77)73-66-59-63-71(68-73)61-56-53-50-47-45-43-41-39-37-35-33-31-29-27-25-23-20-17-14-11-8-5-2;2*1-3-5-7-9-11-13-14-12-10-8-6-4-2;/h58-59,62-63,65-69H,4-57,60-61,64H2,1-3H3;2*1,3-14H2,2H3;. The molecule has 0 saturated heterocycles. The second kappa shape index (κ2) is 83.4. The van der Waals surface area contributed by atoms with Crippen LogP contribution in [-0.4, -0.2) is 4.70 Å². The molecular formula is C104H190N2Ni. The van der Waals surface area contributed by atoms with Crippen LogP contribution in [0.15, 0.2) is 60.2 Å². The van der Waals surface area contributed by atoms with Crippen molar-refractivity contribution >= 4 is 11.4 Å². The molecule has 2 aromatic rings. The summed E-state index contributed by atoms with van der Waals surface area (Å²) in [6.45, 7) is 11.5. The van der Waals surface area contributed by atoms with E-state index in [4.69, 9.17) is 0 Å². The molecule has 3 rings (SSSR count). The molecule has 1 aliphatic rings. The van der Waals surface area contributed by atoms with E-state index in [2.05, 4.69) is 89.2 Å². The zero-order chi connectivity index (χ0) is 76.4. The van der Waals surface area contributed by atoms with Crippen LogP contribution in [0, 0.1) is 0 Å². The smallest absolute Gasteiger partial charge is 0.0654 e. The first kappa shape index (κ1) is 101. The number of allylic oxidation sites excluding steroid dienone is 2. The Hall–Kier alpha value is -1.99. The Morgan fingerprint density at radius 1 is 0.224 bits per heavy atom. The molecule has 0 amide bonds. The van der Waals surface area contributed by atoms with Gasteiger partial charge in [0.05, 0.1) is 0 Å². The number of hydrogen-bond acceptors (Lipinski definition) is 0. The molecule has 0 radical (unpaired) electrons. The maximum atomic E-state index is 12.1. The fourth-order valence-electron chi connectivity index (χ4n) is 16.8. The molecule has 0 aromatic heterocycles. The van der Waals surface area contributed by atoms with Crippen LogP contribution in [0.2, 0.25) is 10.8 Å². The van der Waals surface area contributed by atoms with Crippen LogP contribution < -0.4 is 0 Å². The van der Waals surface area contributed by atoms with Gasteiger partial charge in [-0.2, -0.15) is 0 Å². The van der Waals surface area contributed by atoms with Gasteiger partial charge in [-0.25, -0.2) is 4.70 Å². The minimum Gasteiger partial charge on any atom is -0.0654 e. The summed E-state index contributed by atoms with van der Waals surface area (Å²) in [5.74, 6) is 0. The molecule has 0 fully saturated rings. The fraction of sp³-hybridized carbons (Fsp3) is 0.846. The average molecular weight is 1530 g/mol. The van der Waals surface area contributed by atoms with Crippen LogP contribution in [0.5, 0.6) is 0 Å². The summed E-state index contributed by atoms with van der Waals surface area (Å²) in [6, 6.07) is 18.3. The van der Waals surface area contributed by atoms with E-state index in [1.807, 2.05) is 14.4 Å². The fourth-order valence-corrected chi connectivity index (χ4v) is 18.0. The van der Waals surface area contributed by atoms with Crippen molar-refractivity contribution in [3.05, 3.63) is 88.0 Å². The van der Waals surface area contributed by atoms with Gasteiger partial charge in [0.25, 0.3) is 0 Å². The van der Waals surface area contributed by atoms with E-state index in [1.165, 1.54) is 534 Å². The Labute approximate surface area is 679 Å². The summed E-state index contributed by atoms with van der Waals surface area (Å²) in [7, 11) is 0. The second-order valence-corrected chi connectivity index (χ2v) is 36.1. The molecule has 3 heteroatoms. The van der Waals surface area contributed by atoms with Gasteiger partial charge >= 0.3 is 166 Å². The van der Waals surface area contributed by atoms with Gasteiger partial charge in [0.2, 0.25) is 11.4 Å². The monoisotopic (exact) mass is 1530 g/mol. The first-order chi connectivity index (χ1) is 53.1. The predicted molar refractivity (Wildman–Crippen MR) is 482 cm³/mol. The van der Waals surface area contributed by atoms with E-state index in [0.717, 1.165) is 36.2 Å². The second-order valence-electron chi connectivity index (χ2n) is 34.6. The van der Waals surface area contributed by atoms with Crippen molar-refractivity contribution in [2.45, 2.75) is 565 Å². The molecule has 0 unspecified atom stereocenters. The summed E-state index contributed by atoms with van der Waals surface area (Å²) in [4.78, 5) is 0. The van der Waals surface area contributed by atoms with Gasteiger partial charge in [0.15, 0.2) is 0 Å². The SMILES string of the molecule is CCCCCCCCCCCCCCCCCCCCCCCCc1cccc(C2=CC(CCCCCCCCCCCC)=C(c3cccc(CCCCCCCCCCCCCCCCCCCCCCCC)c3)[N+]2=[N-])c1.CCCCCCCCCCCCC[CH2][Ni][CH2]CCCCCCCCCCCCC. The Balaban J connectivity index is 0.00000112. The number of rotatable bonds is 85. The first-order valence-electron chi connectivity index (χ1n) is 49.7. The quantitative estimate of drug-likeness (QED) is 0.0358. The van der Waals surface area contributed by atoms with Gasteiger partial charge < -0.3 is 5.53 Å². The van der Waals surface area contributed by atoms with Gasteiger partial charge in [0, 0.05) is 22.8 Å². The van der Waals surface area contributed by atoms with E-state index in [1.54, 1.807) is 4.70 Å². The molecule has 1 aliphatic heterocycles. The van der Waals surface area contributed by atoms with Crippen LogP contribution in [0.4, 0.5) is 0 Å². The summed E-state index contributed by atoms with van der Waals surface area (Å²) in [5, 5.41) is 2.87. The number of benzene rings is 2. The Kier molecular flexibility index (Phi) is 78.8. The van der Waals surface area contributed by atoms with Gasteiger partial charge in [-0.05, 0) is 73.9 Å². The summed E-state index contributed by atoms with van der Waals surface area (Å²) in [5.41, 5.74) is 20.5. The Morgan fingerprint density at radius 2 is 0.421 bits per heavy atom. The van der Waals surface area contributed by atoms with E-state index in [0.29, 0.717) is 0 Å². The maximum absolute atomic E-state index is 12.1. The van der Waals surface area contributed by atoms with Crippen LogP contribution in [0.25, 0.3) is 16.9 Å².